The minimum absolute atomic E-state index is 0.0191. The molecule has 1 atom stereocenters. The number of pyridine rings is 1. The third-order valence-electron chi connectivity index (χ3n) is 6.11. The van der Waals surface area contributed by atoms with Gasteiger partial charge in [-0.3, -0.25) is 14.6 Å². The normalized spacial score (nSPS) is 24.7. The van der Waals surface area contributed by atoms with Crippen LogP contribution in [-0.4, -0.2) is 32.5 Å². The average molecular weight is 398 g/mol. The Balaban J connectivity index is 1.36. The number of hydrogen-bond donors (Lipinski definition) is 0. The molecule has 7 heteroatoms. The summed E-state index contributed by atoms with van der Waals surface area (Å²) in [5, 5.41) is 1.48. The van der Waals surface area contributed by atoms with Crippen LogP contribution in [0.25, 0.3) is 0 Å². The van der Waals surface area contributed by atoms with Crippen molar-refractivity contribution < 1.29 is 14.0 Å². The summed E-state index contributed by atoms with van der Waals surface area (Å²) in [6.45, 7) is 3.98. The molecule has 1 amide bonds. The number of carbonyl (C=O) groups excluding carboxylic acids is 1. The quantitative estimate of drug-likeness (QED) is 0.782. The Labute approximate surface area is 170 Å². The Bertz CT molecular complexity index is 866. The summed E-state index contributed by atoms with van der Waals surface area (Å²) in [5.74, 6) is 0.972. The van der Waals surface area contributed by atoms with Crippen LogP contribution in [0.1, 0.15) is 60.8 Å². The van der Waals surface area contributed by atoms with E-state index in [1.54, 1.807) is 13.1 Å². The van der Waals surface area contributed by atoms with Crippen molar-refractivity contribution in [3.63, 3.8) is 0 Å². The summed E-state index contributed by atoms with van der Waals surface area (Å²) in [4.78, 5) is 31.4. The molecule has 1 aliphatic carbocycles. The van der Waals surface area contributed by atoms with Gasteiger partial charge in [-0.05, 0) is 69.1 Å². The molecule has 1 aliphatic heterocycles. The lowest BCUT2D eigenvalue weighted by atomic mass is 9.79. The van der Waals surface area contributed by atoms with Crippen molar-refractivity contribution in [3.05, 3.63) is 53.1 Å². The van der Waals surface area contributed by atoms with Crippen LogP contribution in [0.2, 0.25) is 0 Å². The van der Waals surface area contributed by atoms with Crippen LogP contribution in [0.3, 0.4) is 0 Å². The fourth-order valence-electron chi connectivity index (χ4n) is 4.34. The van der Waals surface area contributed by atoms with Crippen LogP contribution in [0.4, 0.5) is 4.39 Å². The third kappa shape index (κ3) is 4.45. The van der Waals surface area contributed by atoms with Gasteiger partial charge in [-0.2, -0.15) is 0 Å². The van der Waals surface area contributed by atoms with Crippen LogP contribution in [0.5, 0.6) is 0 Å². The van der Waals surface area contributed by atoms with Crippen molar-refractivity contribution in [1.29, 1.82) is 0 Å². The number of rotatable bonds is 4. The van der Waals surface area contributed by atoms with E-state index in [4.69, 9.17) is 4.84 Å². The number of halogens is 1. The van der Waals surface area contributed by atoms with Gasteiger partial charge in [0.2, 0.25) is 5.91 Å². The second kappa shape index (κ2) is 8.53. The molecule has 0 unspecified atom stereocenters. The second-order valence-corrected chi connectivity index (χ2v) is 8.20. The monoisotopic (exact) mass is 398 g/mol. The third-order valence-corrected chi connectivity index (χ3v) is 6.11. The van der Waals surface area contributed by atoms with Gasteiger partial charge in [-0.1, -0.05) is 0 Å². The fourth-order valence-corrected chi connectivity index (χ4v) is 4.34. The molecule has 0 radical (unpaired) electrons. The molecule has 29 heavy (non-hydrogen) atoms. The molecule has 4 rings (SSSR count). The Kier molecular flexibility index (Phi) is 5.85. The summed E-state index contributed by atoms with van der Waals surface area (Å²) in [7, 11) is 0. The number of aromatic nitrogens is 3. The molecule has 0 spiro atoms. The van der Waals surface area contributed by atoms with E-state index in [9.17, 15) is 9.18 Å². The second-order valence-electron chi connectivity index (χ2n) is 8.20. The van der Waals surface area contributed by atoms with Gasteiger partial charge in [-0.25, -0.2) is 19.4 Å². The minimum atomic E-state index is -0.345. The highest BCUT2D eigenvalue weighted by Crippen LogP contribution is 2.37. The SMILES string of the molecule is Cc1ncc(C[C@H]2CC[C@H](C(=O)N3OCC[C@H]3c3cnc(C)c(F)c3)CC2)cn1. The molecule has 1 saturated heterocycles. The predicted octanol–water partition coefficient (Wildman–Crippen LogP) is 3.88. The van der Waals surface area contributed by atoms with E-state index in [1.807, 2.05) is 19.3 Å². The fraction of sp³-hybridized carbons (Fsp3) is 0.545. The zero-order valence-corrected chi connectivity index (χ0v) is 17.0. The molecule has 154 valence electrons. The Morgan fingerprint density at radius 3 is 2.52 bits per heavy atom. The number of carbonyl (C=O) groups is 1. The van der Waals surface area contributed by atoms with Gasteiger partial charge in [-0.15, -0.1) is 0 Å². The molecule has 1 saturated carbocycles. The van der Waals surface area contributed by atoms with Crippen LogP contribution >= 0.6 is 0 Å². The first kappa shape index (κ1) is 19.9. The molecular formula is C22H27FN4O2. The van der Waals surface area contributed by atoms with E-state index in [0.717, 1.165) is 43.5 Å². The van der Waals surface area contributed by atoms with Crippen LogP contribution in [0.15, 0.2) is 24.7 Å². The molecule has 2 fully saturated rings. The number of hydroxylamine groups is 2. The maximum Gasteiger partial charge on any atom is 0.249 e. The molecule has 2 aromatic heterocycles. The van der Waals surface area contributed by atoms with E-state index in [2.05, 4.69) is 15.0 Å². The van der Waals surface area contributed by atoms with Crippen molar-refractivity contribution in [3.8, 4) is 0 Å². The van der Waals surface area contributed by atoms with Gasteiger partial charge >= 0.3 is 0 Å². The van der Waals surface area contributed by atoms with Crippen molar-refractivity contribution in [2.75, 3.05) is 6.61 Å². The number of aryl methyl sites for hydroxylation is 2. The van der Waals surface area contributed by atoms with Gasteiger partial charge < -0.3 is 0 Å². The van der Waals surface area contributed by atoms with Crippen LogP contribution in [-0.2, 0) is 16.1 Å². The van der Waals surface area contributed by atoms with Crippen molar-refractivity contribution in [2.45, 2.75) is 58.4 Å². The molecule has 0 aromatic carbocycles. The van der Waals surface area contributed by atoms with E-state index < -0.39 is 0 Å². The van der Waals surface area contributed by atoms with Gasteiger partial charge in [0, 0.05) is 30.9 Å². The standard InChI is InChI=1S/C22H27FN4O2/c1-14-20(23)10-19(13-24-14)21-7-8-29-27(21)22(28)18-5-3-16(4-6-18)9-17-11-25-15(2)26-12-17/h10-13,16,18,21H,3-9H2,1-2H3/t16-,18-,21-/m0/s1. The molecule has 0 N–H and O–H groups in total. The number of hydrogen-bond acceptors (Lipinski definition) is 5. The number of nitrogens with zero attached hydrogens (tertiary/aromatic N) is 4. The van der Waals surface area contributed by atoms with Crippen LogP contribution in [0, 0.1) is 31.5 Å². The van der Waals surface area contributed by atoms with Crippen molar-refractivity contribution in [2.24, 2.45) is 11.8 Å². The predicted molar refractivity (Wildman–Crippen MR) is 105 cm³/mol. The molecule has 2 aromatic rings. The molecular weight excluding hydrogens is 371 g/mol. The first-order valence-corrected chi connectivity index (χ1v) is 10.4. The summed E-state index contributed by atoms with van der Waals surface area (Å²) in [6, 6.07) is 1.22. The minimum Gasteiger partial charge on any atom is -0.272 e. The highest BCUT2D eigenvalue weighted by molar-refractivity contribution is 5.78. The Morgan fingerprint density at radius 2 is 1.83 bits per heavy atom. The van der Waals surface area contributed by atoms with E-state index >= 15 is 0 Å². The first-order valence-electron chi connectivity index (χ1n) is 10.4. The largest absolute Gasteiger partial charge is 0.272 e. The topological polar surface area (TPSA) is 68.2 Å². The zero-order chi connectivity index (χ0) is 20.4. The molecule has 0 bridgehead atoms. The van der Waals surface area contributed by atoms with Crippen molar-refractivity contribution >= 4 is 5.91 Å². The zero-order valence-electron chi connectivity index (χ0n) is 17.0. The highest BCUT2D eigenvalue weighted by atomic mass is 19.1. The molecule has 3 heterocycles. The van der Waals surface area contributed by atoms with E-state index in [-0.39, 0.29) is 23.7 Å². The average Bonchev–Trinajstić information content (AvgIpc) is 3.22. The lowest BCUT2D eigenvalue weighted by molar-refractivity contribution is -0.183. The molecule has 2 aliphatic rings. The Hall–Kier alpha value is -2.41. The van der Waals surface area contributed by atoms with Gasteiger partial charge in [0.05, 0.1) is 18.3 Å². The maximum absolute atomic E-state index is 13.9. The smallest absolute Gasteiger partial charge is 0.249 e. The van der Waals surface area contributed by atoms with E-state index in [0.29, 0.717) is 30.2 Å². The summed E-state index contributed by atoms with van der Waals surface area (Å²) in [5.41, 5.74) is 2.22. The van der Waals surface area contributed by atoms with E-state index in [1.165, 1.54) is 11.1 Å². The summed E-state index contributed by atoms with van der Waals surface area (Å²) in [6.07, 6.45) is 10.8. The van der Waals surface area contributed by atoms with Crippen molar-refractivity contribution in [1.82, 2.24) is 20.0 Å². The maximum atomic E-state index is 13.9. The van der Waals surface area contributed by atoms with Gasteiger partial charge in [0.1, 0.15) is 11.6 Å². The highest BCUT2D eigenvalue weighted by Gasteiger charge is 2.37. The lowest BCUT2D eigenvalue weighted by Gasteiger charge is -2.32. The van der Waals surface area contributed by atoms with Gasteiger partial charge in [0.25, 0.3) is 0 Å². The first-order chi connectivity index (χ1) is 14.0. The summed E-state index contributed by atoms with van der Waals surface area (Å²) < 4.78 is 13.9. The number of amides is 1. The van der Waals surface area contributed by atoms with Crippen LogP contribution < -0.4 is 0 Å². The summed E-state index contributed by atoms with van der Waals surface area (Å²) >= 11 is 0. The van der Waals surface area contributed by atoms with Gasteiger partial charge in [0.15, 0.2) is 0 Å². The Morgan fingerprint density at radius 1 is 1.10 bits per heavy atom. The molecule has 6 nitrogen and oxygen atoms in total. The lowest BCUT2D eigenvalue weighted by Crippen LogP contribution is -2.36.